The molecule has 2 heterocycles. The van der Waals surface area contributed by atoms with Crippen molar-refractivity contribution in [2.45, 2.75) is 38.9 Å². The summed E-state index contributed by atoms with van der Waals surface area (Å²) < 4.78 is 2.11. The summed E-state index contributed by atoms with van der Waals surface area (Å²) in [5.74, 6) is 1.04. The van der Waals surface area contributed by atoms with Crippen molar-refractivity contribution in [3.8, 4) is 0 Å². The van der Waals surface area contributed by atoms with Gasteiger partial charge in [-0.2, -0.15) is 0 Å². The largest absolute Gasteiger partial charge is 0.396 e. The van der Waals surface area contributed by atoms with Gasteiger partial charge in [-0.15, -0.1) is 10.2 Å². The highest BCUT2D eigenvalue weighted by Gasteiger charge is 2.20. The number of hydrogen-bond acceptors (Lipinski definition) is 5. The van der Waals surface area contributed by atoms with Gasteiger partial charge in [0.25, 0.3) is 0 Å². The average molecular weight is 253 g/mol. The SMILES string of the molecule is CCCNC(CCO)CN1CCn2cnnc2C1. The Morgan fingerprint density at radius 2 is 2.39 bits per heavy atom. The summed E-state index contributed by atoms with van der Waals surface area (Å²) in [4.78, 5) is 2.38. The molecule has 0 radical (unpaired) electrons. The van der Waals surface area contributed by atoms with Gasteiger partial charge in [-0.3, -0.25) is 4.90 Å². The van der Waals surface area contributed by atoms with Crippen LogP contribution in [0.1, 0.15) is 25.6 Å². The third-order valence-electron chi connectivity index (χ3n) is 3.36. The van der Waals surface area contributed by atoms with Gasteiger partial charge in [0.05, 0.1) is 6.54 Å². The number of aromatic nitrogens is 3. The zero-order valence-corrected chi connectivity index (χ0v) is 11.0. The molecule has 0 amide bonds. The van der Waals surface area contributed by atoms with Crippen LogP contribution < -0.4 is 5.32 Å². The van der Waals surface area contributed by atoms with E-state index >= 15 is 0 Å². The van der Waals surface area contributed by atoms with Crippen molar-refractivity contribution in [2.24, 2.45) is 0 Å². The number of hydrogen-bond donors (Lipinski definition) is 2. The van der Waals surface area contributed by atoms with Crippen molar-refractivity contribution in [2.75, 3.05) is 26.2 Å². The third kappa shape index (κ3) is 3.51. The molecule has 1 atom stereocenters. The molecule has 18 heavy (non-hydrogen) atoms. The average Bonchev–Trinajstić information content (AvgIpc) is 2.83. The lowest BCUT2D eigenvalue weighted by atomic mass is 10.2. The topological polar surface area (TPSA) is 66.2 Å². The first-order valence-electron chi connectivity index (χ1n) is 6.76. The zero-order valence-electron chi connectivity index (χ0n) is 11.0. The number of rotatable bonds is 7. The fraction of sp³-hybridized carbons (Fsp3) is 0.833. The highest BCUT2D eigenvalue weighted by molar-refractivity contribution is 4.90. The Morgan fingerprint density at radius 1 is 1.50 bits per heavy atom. The zero-order chi connectivity index (χ0) is 12.8. The predicted octanol–water partition coefficient (Wildman–Crippen LogP) is -0.156. The van der Waals surface area contributed by atoms with Crippen LogP contribution in [-0.2, 0) is 13.1 Å². The Kier molecular flexibility index (Phi) is 5.10. The van der Waals surface area contributed by atoms with E-state index in [2.05, 4.69) is 31.9 Å². The minimum Gasteiger partial charge on any atom is -0.396 e. The van der Waals surface area contributed by atoms with Crippen LogP contribution in [0.2, 0.25) is 0 Å². The second-order valence-corrected chi connectivity index (χ2v) is 4.84. The van der Waals surface area contributed by atoms with Crippen LogP contribution in [0.5, 0.6) is 0 Å². The van der Waals surface area contributed by atoms with E-state index in [4.69, 9.17) is 5.11 Å². The van der Waals surface area contributed by atoms with Gasteiger partial charge in [0.15, 0.2) is 0 Å². The number of nitrogens with zero attached hydrogens (tertiary/aromatic N) is 4. The van der Waals surface area contributed by atoms with Crippen LogP contribution in [0.25, 0.3) is 0 Å². The summed E-state index contributed by atoms with van der Waals surface area (Å²) >= 11 is 0. The van der Waals surface area contributed by atoms with E-state index in [-0.39, 0.29) is 6.61 Å². The minimum absolute atomic E-state index is 0.241. The molecule has 2 N–H and O–H groups in total. The molecule has 1 unspecified atom stereocenters. The number of aliphatic hydroxyl groups is 1. The lowest BCUT2D eigenvalue weighted by Crippen LogP contribution is -2.44. The Labute approximate surface area is 108 Å². The lowest BCUT2D eigenvalue weighted by molar-refractivity contribution is 0.176. The monoisotopic (exact) mass is 253 g/mol. The van der Waals surface area contributed by atoms with E-state index in [1.165, 1.54) is 0 Å². The van der Waals surface area contributed by atoms with Gasteiger partial charge in [-0.1, -0.05) is 6.92 Å². The van der Waals surface area contributed by atoms with Crippen molar-refractivity contribution in [3.63, 3.8) is 0 Å². The van der Waals surface area contributed by atoms with Gasteiger partial charge in [0.2, 0.25) is 0 Å². The van der Waals surface area contributed by atoms with Crippen LogP contribution in [0.4, 0.5) is 0 Å². The molecule has 102 valence electrons. The third-order valence-corrected chi connectivity index (χ3v) is 3.36. The van der Waals surface area contributed by atoms with Crippen molar-refractivity contribution in [1.29, 1.82) is 0 Å². The normalized spacial score (nSPS) is 17.7. The molecule has 0 saturated heterocycles. The van der Waals surface area contributed by atoms with Crippen molar-refractivity contribution in [1.82, 2.24) is 25.0 Å². The summed E-state index contributed by atoms with van der Waals surface area (Å²) in [5.41, 5.74) is 0. The molecule has 1 aromatic rings. The summed E-state index contributed by atoms with van der Waals surface area (Å²) in [6, 6.07) is 0.365. The van der Waals surface area contributed by atoms with Gasteiger partial charge in [-0.05, 0) is 19.4 Å². The number of fused-ring (bicyclic) bond motifs is 1. The lowest BCUT2D eigenvalue weighted by Gasteiger charge is -2.30. The molecular formula is C12H23N5O. The molecule has 1 aliphatic rings. The fourth-order valence-corrected chi connectivity index (χ4v) is 2.35. The molecule has 0 aliphatic carbocycles. The molecule has 0 saturated carbocycles. The number of aliphatic hydroxyl groups excluding tert-OH is 1. The molecule has 6 nitrogen and oxygen atoms in total. The highest BCUT2D eigenvalue weighted by atomic mass is 16.3. The van der Waals surface area contributed by atoms with Crippen molar-refractivity contribution < 1.29 is 5.11 Å². The molecule has 1 aliphatic heterocycles. The summed E-state index contributed by atoms with van der Waals surface area (Å²) in [6.07, 6.45) is 3.73. The first-order chi connectivity index (χ1) is 8.83. The van der Waals surface area contributed by atoms with Gasteiger partial charge in [0.1, 0.15) is 12.2 Å². The van der Waals surface area contributed by atoms with Crippen LogP contribution >= 0.6 is 0 Å². The van der Waals surface area contributed by atoms with Crippen LogP contribution in [-0.4, -0.2) is 57.1 Å². The quantitative estimate of drug-likeness (QED) is 0.707. The van der Waals surface area contributed by atoms with Crippen LogP contribution in [0.15, 0.2) is 6.33 Å². The van der Waals surface area contributed by atoms with E-state index < -0.39 is 0 Å². The van der Waals surface area contributed by atoms with E-state index in [1.807, 2.05) is 0 Å². The fourth-order valence-electron chi connectivity index (χ4n) is 2.35. The number of nitrogens with one attached hydrogen (secondary N) is 1. The molecule has 1 aromatic heterocycles. The maximum atomic E-state index is 9.11. The molecule has 6 heteroatoms. The Morgan fingerprint density at radius 3 is 3.17 bits per heavy atom. The Hall–Kier alpha value is -0.980. The molecule has 0 spiro atoms. The van der Waals surface area contributed by atoms with E-state index in [0.29, 0.717) is 6.04 Å². The van der Waals surface area contributed by atoms with Crippen molar-refractivity contribution >= 4 is 0 Å². The van der Waals surface area contributed by atoms with Gasteiger partial charge >= 0.3 is 0 Å². The second-order valence-electron chi connectivity index (χ2n) is 4.84. The molecule has 0 aromatic carbocycles. The first kappa shape index (κ1) is 13.5. The van der Waals surface area contributed by atoms with Gasteiger partial charge in [-0.25, -0.2) is 0 Å². The standard InChI is InChI=1S/C12H23N5O/c1-2-4-13-11(3-7-18)8-16-5-6-17-10-14-15-12(17)9-16/h10-11,13,18H,2-9H2,1H3. The molecule has 0 bridgehead atoms. The van der Waals surface area contributed by atoms with Crippen LogP contribution in [0.3, 0.4) is 0 Å². The molecular weight excluding hydrogens is 230 g/mol. The van der Waals surface area contributed by atoms with E-state index in [0.717, 1.165) is 51.4 Å². The van der Waals surface area contributed by atoms with E-state index in [9.17, 15) is 0 Å². The summed E-state index contributed by atoms with van der Waals surface area (Å²) in [5, 5.41) is 20.7. The molecule has 0 fully saturated rings. The smallest absolute Gasteiger partial charge is 0.147 e. The van der Waals surface area contributed by atoms with Gasteiger partial charge < -0.3 is 15.0 Å². The highest BCUT2D eigenvalue weighted by Crippen LogP contribution is 2.10. The van der Waals surface area contributed by atoms with Crippen molar-refractivity contribution in [3.05, 3.63) is 12.2 Å². The minimum atomic E-state index is 0.241. The van der Waals surface area contributed by atoms with Gasteiger partial charge in [0, 0.05) is 32.3 Å². The first-order valence-corrected chi connectivity index (χ1v) is 6.76. The Bertz CT molecular complexity index is 354. The summed E-state index contributed by atoms with van der Waals surface area (Å²) in [7, 11) is 0. The maximum absolute atomic E-state index is 9.11. The van der Waals surface area contributed by atoms with E-state index in [1.54, 1.807) is 6.33 Å². The predicted molar refractivity (Wildman–Crippen MR) is 69.1 cm³/mol. The Balaban J connectivity index is 1.84. The molecule has 2 rings (SSSR count). The van der Waals surface area contributed by atoms with Crippen LogP contribution in [0, 0.1) is 0 Å². The second kappa shape index (κ2) is 6.82. The summed E-state index contributed by atoms with van der Waals surface area (Å²) in [6.45, 7) is 7.22. The maximum Gasteiger partial charge on any atom is 0.147 e.